The summed E-state index contributed by atoms with van der Waals surface area (Å²) in [5.41, 5.74) is 4.11. The van der Waals surface area contributed by atoms with Crippen LogP contribution in [0.3, 0.4) is 0 Å². The summed E-state index contributed by atoms with van der Waals surface area (Å²) in [7, 11) is 0. The minimum atomic E-state index is -0.0933. The van der Waals surface area contributed by atoms with Crippen LogP contribution in [-0.2, 0) is 6.42 Å². The molecule has 3 rings (SSSR count). The molecule has 0 aliphatic heterocycles. The highest BCUT2D eigenvalue weighted by Crippen LogP contribution is 2.21. The molecule has 1 N–H and O–H groups in total. The van der Waals surface area contributed by atoms with E-state index in [2.05, 4.69) is 29.2 Å². The van der Waals surface area contributed by atoms with Crippen LogP contribution in [0.4, 0.5) is 0 Å². The van der Waals surface area contributed by atoms with Crippen LogP contribution < -0.4 is 5.32 Å². The Balaban J connectivity index is 2.02. The summed E-state index contributed by atoms with van der Waals surface area (Å²) in [6.07, 6.45) is 2.36. The molecule has 130 valence electrons. The van der Waals surface area contributed by atoms with Crippen molar-refractivity contribution in [2.75, 3.05) is 0 Å². The number of rotatable bonds is 5. The minimum Gasteiger partial charge on any atom is -0.349 e. The quantitative estimate of drug-likeness (QED) is 0.772. The van der Waals surface area contributed by atoms with Gasteiger partial charge in [-0.1, -0.05) is 51.1 Å². The van der Waals surface area contributed by atoms with Gasteiger partial charge in [-0.25, -0.2) is 9.50 Å². The highest BCUT2D eigenvalue weighted by atomic mass is 16.1. The van der Waals surface area contributed by atoms with Crippen LogP contribution in [0, 0.1) is 5.92 Å². The molecule has 0 radical (unpaired) electrons. The largest absolute Gasteiger partial charge is 0.349 e. The monoisotopic (exact) mass is 336 g/mol. The average molecular weight is 336 g/mol. The zero-order chi connectivity index (χ0) is 18.0. The number of hydrogen-bond acceptors (Lipinski definition) is 3. The second-order valence-corrected chi connectivity index (χ2v) is 6.64. The van der Waals surface area contributed by atoms with Gasteiger partial charge in [0.1, 0.15) is 0 Å². The molecule has 3 aromatic rings. The van der Waals surface area contributed by atoms with Gasteiger partial charge in [0.2, 0.25) is 0 Å². The summed E-state index contributed by atoms with van der Waals surface area (Å²) in [6.45, 7) is 8.22. The molecule has 1 amide bonds. The van der Waals surface area contributed by atoms with E-state index in [1.807, 2.05) is 50.2 Å². The van der Waals surface area contributed by atoms with Crippen LogP contribution in [0.15, 0.2) is 42.6 Å². The lowest BCUT2D eigenvalue weighted by atomic mass is 10.1. The third-order valence-electron chi connectivity index (χ3n) is 4.59. The standard InChI is InChI=1S/C20H24N4O/c1-5-18-16(20(25)22-14(4)13(2)3)12-21-19-11-17(23-24(18)19)15-9-7-6-8-10-15/h6-14H,5H2,1-4H3,(H,22,25). The van der Waals surface area contributed by atoms with Crippen molar-refractivity contribution in [2.24, 2.45) is 5.92 Å². The molecule has 0 bridgehead atoms. The van der Waals surface area contributed by atoms with E-state index in [1.165, 1.54) is 0 Å². The Morgan fingerprint density at radius 1 is 1.20 bits per heavy atom. The average Bonchev–Trinajstić information content (AvgIpc) is 3.05. The van der Waals surface area contributed by atoms with E-state index in [1.54, 1.807) is 10.7 Å². The van der Waals surface area contributed by atoms with Crippen LogP contribution in [0.5, 0.6) is 0 Å². The van der Waals surface area contributed by atoms with Gasteiger partial charge in [-0.2, -0.15) is 5.10 Å². The van der Waals surface area contributed by atoms with Gasteiger partial charge >= 0.3 is 0 Å². The summed E-state index contributed by atoms with van der Waals surface area (Å²) in [6, 6.07) is 12.0. The normalized spacial score (nSPS) is 12.5. The first-order valence-corrected chi connectivity index (χ1v) is 8.75. The molecule has 5 heteroatoms. The van der Waals surface area contributed by atoms with Crippen LogP contribution >= 0.6 is 0 Å². The number of nitrogens with one attached hydrogen (secondary N) is 1. The van der Waals surface area contributed by atoms with Crippen molar-refractivity contribution in [2.45, 2.75) is 40.2 Å². The first kappa shape index (κ1) is 17.1. The summed E-state index contributed by atoms with van der Waals surface area (Å²) in [4.78, 5) is 17.1. The van der Waals surface area contributed by atoms with E-state index >= 15 is 0 Å². The van der Waals surface area contributed by atoms with Gasteiger partial charge in [0, 0.05) is 23.9 Å². The molecule has 1 aromatic carbocycles. The Hall–Kier alpha value is -2.69. The van der Waals surface area contributed by atoms with Gasteiger partial charge in [-0.05, 0) is 19.3 Å². The number of fused-ring (bicyclic) bond motifs is 1. The number of hydrogen-bond donors (Lipinski definition) is 1. The Morgan fingerprint density at radius 2 is 1.92 bits per heavy atom. The van der Waals surface area contributed by atoms with Gasteiger partial charge < -0.3 is 5.32 Å². The maximum Gasteiger partial charge on any atom is 0.254 e. The first-order valence-electron chi connectivity index (χ1n) is 8.75. The van der Waals surface area contributed by atoms with Crippen molar-refractivity contribution in [3.05, 3.63) is 53.9 Å². The van der Waals surface area contributed by atoms with Gasteiger partial charge in [0.25, 0.3) is 5.91 Å². The predicted octanol–water partition coefficient (Wildman–Crippen LogP) is 3.73. The lowest BCUT2D eigenvalue weighted by Crippen LogP contribution is -2.37. The Kier molecular flexibility index (Phi) is 4.83. The van der Waals surface area contributed by atoms with E-state index in [9.17, 15) is 4.79 Å². The van der Waals surface area contributed by atoms with Crippen molar-refractivity contribution in [1.29, 1.82) is 0 Å². The van der Waals surface area contributed by atoms with E-state index in [-0.39, 0.29) is 11.9 Å². The zero-order valence-corrected chi connectivity index (χ0v) is 15.2. The number of nitrogens with zero attached hydrogens (tertiary/aromatic N) is 3. The third kappa shape index (κ3) is 3.40. The molecular weight excluding hydrogens is 312 g/mol. The predicted molar refractivity (Wildman–Crippen MR) is 99.6 cm³/mol. The van der Waals surface area contributed by atoms with E-state index in [0.717, 1.165) is 22.6 Å². The molecule has 25 heavy (non-hydrogen) atoms. The molecule has 0 spiro atoms. The van der Waals surface area contributed by atoms with Crippen molar-refractivity contribution >= 4 is 11.6 Å². The lowest BCUT2D eigenvalue weighted by molar-refractivity contribution is 0.0928. The zero-order valence-electron chi connectivity index (χ0n) is 15.2. The third-order valence-corrected chi connectivity index (χ3v) is 4.59. The Bertz CT molecular complexity index is 883. The highest BCUT2D eigenvalue weighted by molar-refractivity contribution is 5.95. The van der Waals surface area contributed by atoms with Gasteiger partial charge in [-0.15, -0.1) is 0 Å². The fraction of sp³-hybridized carbons (Fsp3) is 0.350. The summed E-state index contributed by atoms with van der Waals surface area (Å²) in [5.74, 6) is 0.282. The fourth-order valence-corrected chi connectivity index (χ4v) is 2.71. The smallest absolute Gasteiger partial charge is 0.254 e. The first-order chi connectivity index (χ1) is 12.0. The number of benzene rings is 1. The SMILES string of the molecule is CCc1c(C(=O)NC(C)C(C)C)cnc2cc(-c3ccccc3)nn12. The van der Waals surface area contributed by atoms with E-state index in [4.69, 9.17) is 0 Å². The highest BCUT2D eigenvalue weighted by Gasteiger charge is 2.19. The fourth-order valence-electron chi connectivity index (χ4n) is 2.71. The molecule has 0 saturated carbocycles. The Labute approximate surface area is 148 Å². The second-order valence-electron chi connectivity index (χ2n) is 6.64. The molecule has 0 fully saturated rings. The second kappa shape index (κ2) is 7.05. The molecule has 1 atom stereocenters. The molecule has 0 aliphatic carbocycles. The van der Waals surface area contributed by atoms with Gasteiger partial charge in [0.15, 0.2) is 5.65 Å². The van der Waals surface area contributed by atoms with Crippen molar-refractivity contribution < 1.29 is 4.79 Å². The molecule has 0 saturated heterocycles. The van der Waals surface area contributed by atoms with Gasteiger partial charge in [-0.3, -0.25) is 4.79 Å². The maximum absolute atomic E-state index is 12.7. The Morgan fingerprint density at radius 3 is 2.56 bits per heavy atom. The number of aryl methyl sites for hydroxylation is 1. The summed E-state index contributed by atoms with van der Waals surface area (Å²) >= 11 is 0. The number of aromatic nitrogens is 3. The number of carbonyl (C=O) groups excluding carboxylic acids is 1. The van der Waals surface area contributed by atoms with E-state index < -0.39 is 0 Å². The van der Waals surface area contributed by atoms with E-state index in [0.29, 0.717) is 17.9 Å². The van der Waals surface area contributed by atoms with Crippen molar-refractivity contribution in [3.63, 3.8) is 0 Å². The number of carbonyl (C=O) groups is 1. The molecule has 1 unspecified atom stereocenters. The van der Waals surface area contributed by atoms with Crippen LogP contribution in [-0.4, -0.2) is 26.5 Å². The lowest BCUT2D eigenvalue weighted by Gasteiger charge is -2.18. The minimum absolute atomic E-state index is 0.0933. The van der Waals surface area contributed by atoms with Crippen LogP contribution in [0.2, 0.25) is 0 Å². The topological polar surface area (TPSA) is 59.3 Å². The molecule has 0 aliphatic rings. The molecular formula is C20H24N4O. The number of amides is 1. The van der Waals surface area contributed by atoms with Crippen LogP contribution in [0.1, 0.15) is 43.7 Å². The summed E-state index contributed by atoms with van der Waals surface area (Å²) in [5, 5.41) is 7.74. The summed E-state index contributed by atoms with van der Waals surface area (Å²) < 4.78 is 1.79. The van der Waals surface area contributed by atoms with Crippen LogP contribution in [0.25, 0.3) is 16.9 Å². The molecule has 5 nitrogen and oxygen atoms in total. The molecule has 2 aromatic heterocycles. The van der Waals surface area contributed by atoms with Crippen molar-refractivity contribution in [1.82, 2.24) is 19.9 Å². The van der Waals surface area contributed by atoms with Gasteiger partial charge in [0.05, 0.1) is 17.0 Å². The maximum atomic E-state index is 12.7. The molecule has 2 heterocycles. The van der Waals surface area contributed by atoms with Crippen molar-refractivity contribution in [3.8, 4) is 11.3 Å².